The fourth-order valence-corrected chi connectivity index (χ4v) is 3.27. The molecule has 0 bridgehead atoms. The monoisotopic (exact) mass is 363 g/mol. The van der Waals surface area contributed by atoms with Crippen molar-refractivity contribution in [2.24, 2.45) is 5.92 Å². The Morgan fingerprint density at radius 3 is 2.54 bits per heavy atom. The zero-order chi connectivity index (χ0) is 17.1. The van der Waals surface area contributed by atoms with Crippen LogP contribution in [0.25, 0.3) is 0 Å². The minimum absolute atomic E-state index is 0.251. The third kappa shape index (κ3) is 3.82. The molecule has 0 radical (unpaired) electrons. The van der Waals surface area contributed by atoms with Gasteiger partial charge in [-0.15, -0.1) is 0 Å². The van der Waals surface area contributed by atoms with E-state index in [-0.39, 0.29) is 5.91 Å². The van der Waals surface area contributed by atoms with Gasteiger partial charge in [-0.25, -0.2) is 4.98 Å². The van der Waals surface area contributed by atoms with Crippen LogP contribution in [0.2, 0.25) is 10.0 Å². The molecular weight excluding hydrogens is 345 g/mol. The van der Waals surface area contributed by atoms with E-state index in [1.807, 2.05) is 6.07 Å². The van der Waals surface area contributed by atoms with E-state index in [2.05, 4.69) is 22.1 Å². The minimum Gasteiger partial charge on any atom is -0.357 e. The van der Waals surface area contributed by atoms with Gasteiger partial charge in [-0.2, -0.15) is 0 Å². The van der Waals surface area contributed by atoms with Crippen LogP contribution in [0.4, 0.5) is 11.5 Å². The van der Waals surface area contributed by atoms with Crippen LogP contribution in [0.3, 0.4) is 0 Å². The molecule has 1 aromatic heterocycles. The van der Waals surface area contributed by atoms with E-state index in [0.717, 1.165) is 37.7 Å². The van der Waals surface area contributed by atoms with Gasteiger partial charge in [0.25, 0.3) is 5.91 Å². The lowest BCUT2D eigenvalue weighted by Crippen LogP contribution is -2.33. The number of carbonyl (C=O) groups is 1. The van der Waals surface area contributed by atoms with E-state index in [9.17, 15) is 4.79 Å². The fourth-order valence-electron chi connectivity index (χ4n) is 2.77. The van der Waals surface area contributed by atoms with Gasteiger partial charge in [0, 0.05) is 24.8 Å². The number of para-hydroxylation sites is 1. The first kappa shape index (κ1) is 17.1. The first-order chi connectivity index (χ1) is 11.5. The number of pyridine rings is 1. The highest BCUT2D eigenvalue weighted by Crippen LogP contribution is 2.30. The second-order valence-electron chi connectivity index (χ2n) is 6.12. The molecule has 6 heteroatoms. The van der Waals surface area contributed by atoms with Gasteiger partial charge in [0.2, 0.25) is 0 Å². The number of amides is 1. The van der Waals surface area contributed by atoms with Crippen LogP contribution in [0.5, 0.6) is 0 Å². The Hall–Kier alpha value is -1.78. The number of anilines is 2. The van der Waals surface area contributed by atoms with Crippen LogP contribution < -0.4 is 10.2 Å². The van der Waals surface area contributed by atoms with Crippen molar-refractivity contribution in [3.05, 3.63) is 52.1 Å². The van der Waals surface area contributed by atoms with Crippen molar-refractivity contribution in [3.63, 3.8) is 0 Å². The Bertz CT molecular complexity index is 723. The van der Waals surface area contributed by atoms with Crippen molar-refractivity contribution in [2.75, 3.05) is 23.3 Å². The zero-order valence-corrected chi connectivity index (χ0v) is 14.9. The number of piperidine rings is 1. The van der Waals surface area contributed by atoms with Gasteiger partial charge in [-0.3, -0.25) is 4.79 Å². The van der Waals surface area contributed by atoms with Crippen molar-refractivity contribution in [3.8, 4) is 0 Å². The first-order valence-electron chi connectivity index (χ1n) is 8.01. The lowest BCUT2D eigenvalue weighted by molar-refractivity contribution is 0.102. The number of halogens is 2. The predicted molar refractivity (Wildman–Crippen MR) is 99.3 cm³/mol. The molecule has 1 aliphatic heterocycles. The van der Waals surface area contributed by atoms with E-state index < -0.39 is 0 Å². The summed E-state index contributed by atoms with van der Waals surface area (Å²) in [5.41, 5.74) is 0.964. The SMILES string of the molecule is CC1CCN(c2cc(C(=O)Nc3c(Cl)cccc3Cl)ccn2)CC1. The topological polar surface area (TPSA) is 45.2 Å². The number of benzene rings is 1. The smallest absolute Gasteiger partial charge is 0.255 e. The molecule has 0 unspecified atom stereocenters. The van der Waals surface area contributed by atoms with Gasteiger partial charge >= 0.3 is 0 Å². The van der Waals surface area contributed by atoms with E-state index >= 15 is 0 Å². The molecular formula is C18H19Cl2N3O. The van der Waals surface area contributed by atoms with Gasteiger partial charge in [0.1, 0.15) is 5.82 Å². The van der Waals surface area contributed by atoms with Crippen molar-refractivity contribution in [1.82, 2.24) is 4.98 Å². The van der Waals surface area contributed by atoms with E-state index in [1.165, 1.54) is 0 Å². The quantitative estimate of drug-likeness (QED) is 0.845. The predicted octanol–water partition coefficient (Wildman–Crippen LogP) is 4.88. The molecule has 0 spiro atoms. The van der Waals surface area contributed by atoms with Gasteiger partial charge in [0.15, 0.2) is 0 Å². The summed E-state index contributed by atoms with van der Waals surface area (Å²) in [4.78, 5) is 19.2. The molecule has 3 rings (SSSR count). The molecule has 2 heterocycles. The third-order valence-electron chi connectivity index (χ3n) is 4.32. The van der Waals surface area contributed by atoms with Crippen LogP contribution >= 0.6 is 23.2 Å². The molecule has 0 aliphatic carbocycles. The number of rotatable bonds is 3. The van der Waals surface area contributed by atoms with Gasteiger partial charge in [-0.05, 0) is 43.0 Å². The second-order valence-corrected chi connectivity index (χ2v) is 6.94. The summed E-state index contributed by atoms with van der Waals surface area (Å²) < 4.78 is 0. The van der Waals surface area contributed by atoms with Crippen LogP contribution in [0.1, 0.15) is 30.1 Å². The molecule has 1 saturated heterocycles. The second kappa shape index (κ2) is 7.41. The van der Waals surface area contributed by atoms with Crippen LogP contribution in [0, 0.1) is 5.92 Å². The van der Waals surface area contributed by atoms with Gasteiger partial charge in [0.05, 0.1) is 15.7 Å². The summed E-state index contributed by atoms with van der Waals surface area (Å²) in [7, 11) is 0. The largest absolute Gasteiger partial charge is 0.357 e. The number of carbonyl (C=O) groups excluding carboxylic acids is 1. The van der Waals surface area contributed by atoms with E-state index in [1.54, 1.807) is 30.5 Å². The Labute approximate surface area is 151 Å². The lowest BCUT2D eigenvalue weighted by Gasteiger charge is -2.31. The zero-order valence-electron chi connectivity index (χ0n) is 13.4. The Balaban J connectivity index is 1.77. The number of aromatic nitrogens is 1. The molecule has 4 nitrogen and oxygen atoms in total. The highest BCUT2D eigenvalue weighted by atomic mass is 35.5. The summed E-state index contributed by atoms with van der Waals surface area (Å²) in [6.45, 7) is 4.20. The highest BCUT2D eigenvalue weighted by Gasteiger charge is 2.18. The molecule has 1 fully saturated rings. The summed E-state index contributed by atoms with van der Waals surface area (Å²) in [5.74, 6) is 1.33. The molecule has 24 heavy (non-hydrogen) atoms. The minimum atomic E-state index is -0.251. The van der Waals surface area contributed by atoms with Crippen LogP contribution in [0.15, 0.2) is 36.5 Å². The number of nitrogens with one attached hydrogen (secondary N) is 1. The summed E-state index contributed by atoms with van der Waals surface area (Å²) in [5, 5.41) is 3.61. The molecule has 1 N–H and O–H groups in total. The third-order valence-corrected chi connectivity index (χ3v) is 4.95. The molecule has 1 amide bonds. The lowest BCUT2D eigenvalue weighted by atomic mass is 9.99. The van der Waals surface area contributed by atoms with Gasteiger partial charge < -0.3 is 10.2 Å². The average molecular weight is 364 g/mol. The highest BCUT2D eigenvalue weighted by molar-refractivity contribution is 6.40. The first-order valence-corrected chi connectivity index (χ1v) is 8.76. The Morgan fingerprint density at radius 1 is 1.21 bits per heavy atom. The van der Waals surface area contributed by atoms with Crippen LogP contribution in [-0.2, 0) is 0 Å². The number of hydrogen-bond donors (Lipinski definition) is 1. The van der Waals surface area contributed by atoms with E-state index in [0.29, 0.717) is 21.3 Å². The maximum absolute atomic E-state index is 12.5. The molecule has 0 atom stereocenters. The van der Waals surface area contributed by atoms with Crippen molar-refractivity contribution < 1.29 is 4.79 Å². The van der Waals surface area contributed by atoms with Crippen molar-refractivity contribution >= 4 is 40.6 Å². The summed E-state index contributed by atoms with van der Waals surface area (Å²) >= 11 is 12.2. The molecule has 1 aromatic carbocycles. The number of nitrogens with zero attached hydrogens (tertiary/aromatic N) is 2. The molecule has 126 valence electrons. The maximum atomic E-state index is 12.5. The Kier molecular flexibility index (Phi) is 5.27. The molecule has 0 saturated carbocycles. The standard InChI is InChI=1S/C18H19Cl2N3O/c1-12-6-9-23(10-7-12)16-11-13(5-8-21-16)18(24)22-17-14(19)3-2-4-15(17)20/h2-5,8,11-12H,6-7,9-10H2,1H3,(H,22,24). The van der Waals surface area contributed by atoms with Crippen LogP contribution in [-0.4, -0.2) is 24.0 Å². The van der Waals surface area contributed by atoms with Crippen molar-refractivity contribution in [2.45, 2.75) is 19.8 Å². The number of hydrogen-bond acceptors (Lipinski definition) is 3. The average Bonchev–Trinajstić information content (AvgIpc) is 2.59. The summed E-state index contributed by atoms with van der Waals surface area (Å²) in [6.07, 6.45) is 3.96. The maximum Gasteiger partial charge on any atom is 0.255 e. The fraction of sp³-hybridized carbons (Fsp3) is 0.333. The molecule has 1 aliphatic rings. The van der Waals surface area contributed by atoms with Crippen molar-refractivity contribution in [1.29, 1.82) is 0 Å². The summed E-state index contributed by atoms with van der Waals surface area (Å²) in [6, 6.07) is 8.63. The normalized spacial score (nSPS) is 15.4. The van der Waals surface area contributed by atoms with Gasteiger partial charge in [-0.1, -0.05) is 36.2 Å². The molecule has 2 aromatic rings. The Morgan fingerprint density at radius 2 is 1.88 bits per heavy atom. The van der Waals surface area contributed by atoms with E-state index in [4.69, 9.17) is 23.2 Å².